The van der Waals surface area contributed by atoms with Gasteiger partial charge in [-0.3, -0.25) is 4.90 Å². The number of nitrogens with zero attached hydrogens (tertiary/aromatic N) is 3. The number of aryl methyl sites for hydroxylation is 1. The van der Waals surface area contributed by atoms with Crippen molar-refractivity contribution in [2.75, 3.05) is 31.2 Å². The van der Waals surface area contributed by atoms with Crippen molar-refractivity contribution in [2.24, 2.45) is 0 Å². The van der Waals surface area contributed by atoms with Gasteiger partial charge < -0.3 is 14.7 Å². The van der Waals surface area contributed by atoms with E-state index in [-0.39, 0.29) is 31.3 Å². The van der Waals surface area contributed by atoms with Crippen molar-refractivity contribution < 1.29 is 9.84 Å². The molecule has 6 heteroatoms. The summed E-state index contributed by atoms with van der Waals surface area (Å²) in [5.41, 5.74) is 5.34. The molecule has 0 amide bonds. The van der Waals surface area contributed by atoms with Crippen LogP contribution >= 0.6 is 11.6 Å². The molecule has 3 aromatic rings. The second kappa shape index (κ2) is 11.1. The highest BCUT2D eigenvalue weighted by atomic mass is 35.5. The molecule has 0 unspecified atom stereocenters. The number of benzene rings is 3. The molecular formula is C29H32ClN3O2. The molecule has 0 aliphatic carbocycles. The van der Waals surface area contributed by atoms with E-state index in [2.05, 4.69) is 73.0 Å². The highest BCUT2D eigenvalue weighted by Crippen LogP contribution is 2.41. The van der Waals surface area contributed by atoms with Crippen LogP contribution in [0.3, 0.4) is 0 Å². The fourth-order valence-electron chi connectivity index (χ4n) is 4.89. The van der Waals surface area contributed by atoms with Gasteiger partial charge >= 0.3 is 0 Å². The van der Waals surface area contributed by atoms with Crippen LogP contribution in [0.15, 0.2) is 66.7 Å². The lowest BCUT2D eigenvalue weighted by Gasteiger charge is -2.49. The molecule has 182 valence electrons. The summed E-state index contributed by atoms with van der Waals surface area (Å²) in [7, 11) is 0. The van der Waals surface area contributed by atoms with Crippen molar-refractivity contribution in [1.29, 1.82) is 5.26 Å². The summed E-state index contributed by atoms with van der Waals surface area (Å²) in [5.74, 6) is 0.653. The zero-order valence-corrected chi connectivity index (χ0v) is 21.2. The molecule has 1 heterocycles. The van der Waals surface area contributed by atoms with Crippen LogP contribution < -0.4 is 9.64 Å². The summed E-state index contributed by atoms with van der Waals surface area (Å²) in [5, 5.41) is 18.9. The lowest BCUT2D eigenvalue weighted by Crippen LogP contribution is -2.54. The molecule has 1 aliphatic rings. The minimum atomic E-state index is -0.0364. The SMILES string of the molecule is Cc1ccc([C@@H]2CN([C@H](C)c3ccc(C#N)cc3)C[C@@H](C)N2c2ccc(OCCO)cc2Cl)cc1. The van der Waals surface area contributed by atoms with Crippen LogP contribution in [0.25, 0.3) is 0 Å². The first-order valence-corrected chi connectivity index (χ1v) is 12.4. The summed E-state index contributed by atoms with van der Waals surface area (Å²) in [6.45, 7) is 8.50. The van der Waals surface area contributed by atoms with E-state index in [4.69, 9.17) is 26.7 Å². The normalized spacial score (nSPS) is 19.3. The summed E-state index contributed by atoms with van der Waals surface area (Å²) < 4.78 is 5.56. The van der Waals surface area contributed by atoms with Crippen molar-refractivity contribution in [3.63, 3.8) is 0 Å². The minimum Gasteiger partial charge on any atom is -0.491 e. The molecule has 35 heavy (non-hydrogen) atoms. The van der Waals surface area contributed by atoms with Gasteiger partial charge in [0.15, 0.2) is 0 Å². The van der Waals surface area contributed by atoms with E-state index in [1.807, 2.05) is 30.3 Å². The molecule has 1 fully saturated rings. The average molecular weight is 490 g/mol. The maximum atomic E-state index is 9.15. The number of halogens is 1. The smallest absolute Gasteiger partial charge is 0.121 e. The molecule has 1 saturated heterocycles. The van der Waals surface area contributed by atoms with Crippen molar-refractivity contribution in [2.45, 2.75) is 38.9 Å². The van der Waals surface area contributed by atoms with Crippen LogP contribution in [0.5, 0.6) is 5.75 Å². The molecule has 4 rings (SSSR count). The van der Waals surface area contributed by atoms with Crippen LogP contribution in [-0.2, 0) is 0 Å². The fraction of sp³-hybridized carbons (Fsp3) is 0.345. The molecule has 0 aromatic heterocycles. The molecule has 0 radical (unpaired) electrons. The Hall–Kier alpha value is -3.04. The number of hydrogen-bond acceptors (Lipinski definition) is 5. The number of aliphatic hydroxyl groups excluding tert-OH is 1. The van der Waals surface area contributed by atoms with Gasteiger partial charge in [-0.25, -0.2) is 0 Å². The van der Waals surface area contributed by atoms with Crippen molar-refractivity contribution in [3.8, 4) is 11.8 Å². The number of piperazine rings is 1. The monoisotopic (exact) mass is 489 g/mol. The van der Waals surface area contributed by atoms with Gasteiger partial charge in [-0.05, 0) is 56.2 Å². The Labute approximate surface area is 213 Å². The Bertz CT molecular complexity index is 1170. The molecule has 1 N–H and O–H groups in total. The first-order chi connectivity index (χ1) is 16.9. The molecule has 1 aliphatic heterocycles. The summed E-state index contributed by atoms with van der Waals surface area (Å²) in [4.78, 5) is 4.94. The molecule has 0 spiro atoms. The third-order valence-corrected chi connectivity index (χ3v) is 7.11. The number of aliphatic hydroxyl groups is 1. The highest BCUT2D eigenvalue weighted by molar-refractivity contribution is 6.33. The van der Waals surface area contributed by atoms with Crippen LogP contribution in [0.2, 0.25) is 5.02 Å². The molecular weight excluding hydrogens is 458 g/mol. The van der Waals surface area contributed by atoms with Crippen LogP contribution in [0.4, 0.5) is 5.69 Å². The zero-order chi connectivity index (χ0) is 24.9. The maximum Gasteiger partial charge on any atom is 0.121 e. The van der Waals surface area contributed by atoms with E-state index in [0.29, 0.717) is 16.3 Å². The van der Waals surface area contributed by atoms with Gasteiger partial charge in [0.25, 0.3) is 0 Å². The molecule has 5 nitrogen and oxygen atoms in total. The van der Waals surface area contributed by atoms with Gasteiger partial charge in [-0.15, -0.1) is 0 Å². The lowest BCUT2D eigenvalue weighted by molar-refractivity contribution is 0.148. The largest absolute Gasteiger partial charge is 0.491 e. The third-order valence-electron chi connectivity index (χ3n) is 6.81. The second-order valence-corrected chi connectivity index (χ2v) is 9.64. The summed E-state index contributed by atoms with van der Waals surface area (Å²) in [6, 6.07) is 25.1. The topological polar surface area (TPSA) is 59.7 Å². The first-order valence-electron chi connectivity index (χ1n) is 12.0. The summed E-state index contributed by atoms with van der Waals surface area (Å²) in [6.07, 6.45) is 0. The Morgan fingerprint density at radius 1 is 1.09 bits per heavy atom. The Morgan fingerprint density at radius 2 is 1.80 bits per heavy atom. The van der Waals surface area contributed by atoms with E-state index in [1.165, 1.54) is 16.7 Å². The van der Waals surface area contributed by atoms with Gasteiger partial charge in [0, 0.05) is 31.2 Å². The number of hydrogen-bond donors (Lipinski definition) is 1. The standard InChI is InChI=1S/C29H32ClN3O2/c1-20-4-8-25(9-5-20)29-19-32(22(3)24-10-6-23(17-31)7-11-24)18-21(2)33(29)28-13-12-26(16-27(28)30)35-15-14-34/h4-13,16,21-22,29,34H,14-15,18-19H2,1-3H3/t21-,22-,29+/m1/s1. The minimum absolute atomic E-state index is 0.0364. The van der Waals surface area contributed by atoms with E-state index < -0.39 is 0 Å². The van der Waals surface area contributed by atoms with Crippen molar-refractivity contribution >= 4 is 17.3 Å². The molecule has 0 bridgehead atoms. The molecule has 0 saturated carbocycles. The van der Waals surface area contributed by atoms with E-state index in [9.17, 15) is 0 Å². The molecule has 3 atom stereocenters. The van der Waals surface area contributed by atoms with E-state index >= 15 is 0 Å². The lowest BCUT2D eigenvalue weighted by atomic mass is 9.95. The number of nitriles is 1. The maximum absolute atomic E-state index is 9.15. The Balaban J connectivity index is 1.67. The van der Waals surface area contributed by atoms with Gasteiger partial charge in [-0.2, -0.15) is 5.26 Å². The van der Waals surface area contributed by atoms with E-state index in [0.717, 1.165) is 18.8 Å². The highest BCUT2D eigenvalue weighted by Gasteiger charge is 2.36. The van der Waals surface area contributed by atoms with Crippen molar-refractivity contribution in [1.82, 2.24) is 4.90 Å². The Morgan fingerprint density at radius 3 is 2.43 bits per heavy atom. The molecule has 3 aromatic carbocycles. The Kier molecular flexibility index (Phi) is 7.97. The third kappa shape index (κ3) is 5.62. The predicted molar refractivity (Wildman–Crippen MR) is 141 cm³/mol. The van der Waals surface area contributed by atoms with Gasteiger partial charge in [0.1, 0.15) is 12.4 Å². The second-order valence-electron chi connectivity index (χ2n) is 9.23. The summed E-state index contributed by atoms with van der Waals surface area (Å²) >= 11 is 6.78. The average Bonchev–Trinajstić information content (AvgIpc) is 2.87. The quantitative estimate of drug-likeness (QED) is 0.447. The van der Waals surface area contributed by atoms with Crippen LogP contribution in [0.1, 0.15) is 48.2 Å². The van der Waals surface area contributed by atoms with E-state index in [1.54, 1.807) is 0 Å². The number of anilines is 1. The van der Waals surface area contributed by atoms with Gasteiger partial charge in [0.05, 0.1) is 35.0 Å². The van der Waals surface area contributed by atoms with Crippen LogP contribution in [-0.4, -0.2) is 42.4 Å². The number of rotatable bonds is 7. The fourth-order valence-corrected chi connectivity index (χ4v) is 5.16. The predicted octanol–water partition coefficient (Wildman–Crippen LogP) is 5.90. The number of ether oxygens (including phenoxy) is 1. The zero-order valence-electron chi connectivity index (χ0n) is 20.5. The van der Waals surface area contributed by atoms with Gasteiger partial charge in [-0.1, -0.05) is 53.6 Å². The first kappa shape index (κ1) is 25.1. The van der Waals surface area contributed by atoms with Crippen molar-refractivity contribution in [3.05, 3.63) is 94.0 Å². The van der Waals surface area contributed by atoms with Crippen LogP contribution in [0, 0.1) is 18.3 Å². The van der Waals surface area contributed by atoms with Gasteiger partial charge in [0.2, 0.25) is 0 Å².